The second-order valence-electron chi connectivity index (χ2n) is 4.84. The molecule has 72 valence electrons. The molecule has 1 fully saturated rings. The normalized spacial score (nSPS) is 32.8. The van der Waals surface area contributed by atoms with Gasteiger partial charge >= 0.3 is 0 Å². The van der Waals surface area contributed by atoms with Crippen LogP contribution in [0.15, 0.2) is 0 Å². The maximum absolute atomic E-state index is 12.9. The molecule has 12 heavy (non-hydrogen) atoms. The predicted molar refractivity (Wildman–Crippen MR) is 46.8 cm³/mol. The van der Waals surface area contributed by atoms with Gasteiger partial charge < -0.3 is 5.11 Å². The van der Waals surface area contributed by atoms with Crippen LogP contribution in [0, 0.1) is 5.41 Å². The van der Waals surface area contributed by atoms with Crippen LogP contribution in [0.2, 0.25) is 0 Å². The summed E-state index contributed by atoms with van der Waals surface area (Å²) >= 11 is 0. The van der Waals surface area contributed by atoms with Crippen LogP contribution < -0.4 is 0 Å². The van der Waals surface area contributed by atoms with Crippen LogP contribution in [0.1, 0.15) is 20.8 Å². The smallest absolute Gasteiger partial charge is 0.140 e. The lowest BCUT2D eigenvalue weighted by molar-refractivity contribution is 0.114. The molecule has 1 saturated heterocycles. The van der Waals surface area contributed by atoms with Crippen LogP contribution in [0.5, 0.6) is 0 Å². The minimum absolute atomic E-state index is 0.184. The highest BCUT2D eigenvalue weighted by Crippen LogP contribution is 2.20. The van der Waals surface area contributed by atoms with Gasteiger partial charge in [-0.25, -0.2) is 4.39 Å². The van der Waals surface area contributed by atoms with Gasteiger partial charge in [-0.3, -0.25) is 4.90 Å². The molecule has 0 saturated carbocycles. The molecule has 1 aliphatic heterocycles. The summed E-state index contributed by atoms with van der Waals surface area (Å²) in [6, 6.07) is 0. The summed E-state index contributed by atoms with van der Waals surface area (Å²) in [7, 11) is 0. The minimum atomic E-state index is -1.05. The molecule has 0 bridgehead atoms. The Labute approximate surface area is 73.4 Å². The molecule has 0 spiro atoms. The highest BCUT2D eigenvalue weighted by Gasteiger charge is 2.32. The molecule has 0 unspecified atom stereocenters. The Kier molecular flexibility index (Phi) is 2.74. The number of nitrogens with zero attached hydrogens (tertiary/aromatic N) is 1. The number of alkyl halides is 1. The minimum Gasteiger partial charge on any atom is -0.389 e. The Balaban J connectivity index is 2.38. The third kappa shape index (κ3) is 2.72. The maximum Gasteiger partial charge on any atom is 0.140 e. The van der Waals surface area contributed by atoms with Crippen molar-refractivity contribution < 1.29 is 9.50 Å². The lowest BCUT2D eigenvalue weighted by Crippen LogP contribution is -2.31. The standard InChI is InChI=1S/C9H18FNO/c1-9(2,3)6-11-4-7(10)8(12)5-11/h7-8,12H,4-6H2,1-3H3/t7-,8+/m1/s1. The summed E-state index contributed by atoms with van der Waals surface area (Å²) in [5.74, 6) is 0. The first kappa shape index (κ1) is 9.93. The summed E-state index contributed by atoms with van der Waals surface area (Å²) in [4.78, 5) is 1.98. The molecule has 1 N–H and O–H groups in total. The molecule has 0 aromatic carbocycles. The van der Waals surface area contributed by atoms with Gasteiger partial charge in [-0.15, -0.1) is 0 Å². The van der Waals surface area contributed by atoms with E-state index in [0.29, 0.717) is 13.1 Å². The van der Waals surface area contributed by atoms with E-state index in [9.17, 15) is 4.39 Å². The van der Waals surface area contributed by atoms with Crippen molar-refractivity contribution in [2.75, 3.05) is 19.6 Å². The van der Waals surface area contributed by atoms with Crippen LogP contribution in [0.4, 0.5) is 4.39 Å². The Hall–Kier alpha value is -0.150. The van der Waals surface area contributed by atoms with E-state index in [2.05, 4.69) is 20.8 Å². The fourth-order valence-electron chi connectivity index (χ4n) is 1.62. The first-order valence-corrected chi connectivity index (χ1v) is 4.43. The van der Waals surface area contributed by atoms with Gasteiger partial charge in [0.1, 0.15) is 6.17 Å². The van der Waals surface area contributed by atoms with E-state index in [1.807, 2.05) is 4.90 Å². The van der Waals surface area contributed by atoms with Gasteiger partial charge in [0, 0.05) is 19.6 Å². The second kappa shape index (κ2) is 3.30. The van der Waals surface area contributed by atoms with E-state index in [-0.39, 0.29) is 5.41 Å². The Morgan fingerprint density at radius 1 is 1.42 bits per heavy atom. The molecule has 0 amide bonds. The molecule has 0 aliphatic carbocycles. The summed E-state index contributed by atoms with van der Waals surface area (Å²) in [5, 5.41) is 9.15. The Morgan fingerprint density at radius 3 is 2.33 bits per heavy atom. The van der Waals surface area contributed by atoms with E-state index in [1.54, 1.807) is 0 Å². The third-order valence-corrected chi connectivity index (χ3v) is 1.99. The second-order valence-corrected chi connectivity index (χ2v) is 4.84. The molecule has 2 nitrogen and oxygen atoms in total. The quantitative estimate of drug-likeness (QED) is 0.644. The van der Waals surface area contributed by atoms with Crippen molar-refractivity contribution in [3.8, 4) is 0 Å². The highest BCUT2D eigenvalue weighted by atomic mass is 19.1. The van der Waals surface area contributed by atoms with Gasteiger partial charge in [-0.2, -0.15) is 0 Å². The van der Waals surface area contributed by atoms with Gasteiger partial charge in [0.25, 0.3) is 0 Å². The molecule has 1 heterocycles. The fourth-order valence-corrected chi connectivity index (χ4v) is 1.62. The largest absolute Gasteiger partial charge is 0.389 e. The van der Waals surface area contributed by atoms with E-state index < -0.39 is 12.3 Å². The maximum atomic E-state index is 12.9. The van der Waals surface area contributed by atoms with Crippen molar-refractivity contribution in [1.29, 1.82) is 0 Å². The molecule has 0 aromatic heterocycles. The van der Waals surface area contributed by atoms with Gasteiger partial charge in [-0.1, -0.05) is 20.8 Å². The van der Waals surface area contributed by atoms with Gasteiger partial charge in [-0.05, 0) is 5.41 Å². The van der Waals surface area contributed by atoms with Crippen molar-refractivity contribution in [1.82, 2.24) is 4.90 Å². The van der Waals surface area contributed by atoms with E-state index in [1.165, 1.54) is 0 Å². The summed E-state index contributed by atoms with van der Waals surface area (Å²) < 4.78 is 12.9. The summed E-state index contributed by atoms with van der Waals surface area (Å²) in [5.41, 5.74) is 0.184. The first-order valence-electron chi connectivity index (χ1n) is 4.43. The molecule has 3 heteroatoms. The van der Waals surface area contributed by atoms with Crippen molar-refractivity contribution in [2.24, 2.45) is 5.41 Å². The van der Waals surface area contributed by atoms with Crippen LogP contribution in [-0.4, -0.2) is 41.9 Å². The summed E-state index contributed by atoms with van der Waals surface area (Å²) in [6.07, 6.45) is -1.82. The average molecular weight is 175 g/mol. The van der Waals surface area contributed by atoms with Crippen molar-refractivity contribution in [3.63, 3.8) is 0 Å². The number of β-amino-alcohol motifs (C(OH)–C–C–N with tert-alkyl or cyclic N) is 1. The molecular weight excluding hydrogens is 157 g/mol. The number of hydrogen-bond acceptors (Lipinski definition) is 2. The zero-order chi connectivity index (χ0) is 9.35. The van der Waals surface area contributed by atoms with E-state index >= 15 is 0 Å². The predicted octanol–water partition coefficient (Wildman–Crippen LogP) is 1.05. The highest BCUT2D eigenvalue weighted by molar-refractivity contribution is 4.85. The van der Waals surface area contributed by atoms with Crippen LogP contribution in [0.3, 0.4) is 0 Å². The molecular formula is C9H18FNO. The van der Waals surface area contributed by atoms with E-state index in [4.69, 9.17) is 5.11 Å². The number of halogens is 1. The van der Waals surface area contributed by atoms with Gasteiger partial charge in [0.15, 0.2) is 0 Å². The van der Waals surface area contributed by atoms with Crippen LogP contribution in [-0.2, 0) is 0 Å². The van der Waals surface area contributed by atoms with Gasteiger partial charge in [0.2, 0.25) is 0 Å². The SMILES string of the molecule is CC(C)(C)CN1C[C@@H](F)[C@@H](O)C1. The first-order chi connectivity index (χ1) is 5.38. The van der Waals surface area contributed by atoms with Crippen LogP contribution in [0.25, 0.3) is 0 Å². The number of aliphatic hydroxyl groups is 1. The number of aliphatic hydroxyl groups excluding tert-OH is 1. The number of rotatable bonds is 1. The zero-order valence-electron chi connectivity index (χ0n) is 8.05. The molecule has 0 radical (unpaired) electrons. The lowest BCUT2D eigenvalue weighted by Gasteiger charge is -2.25. The molecule has 0 aromatic rings. The molecule has 2 atom stereocenters. The van der Waals surface area contributed by atoms with Crippen LogP contribution >= 0.6 is 0 Å². The van der Waals surface area contributed by atoms with Crippen molar-refractivity contribution in [3.05, 3.63) is 0 Å². The number of likely N-dealkylation sites (tertiary alicyclic amines) is 1. The Bertz CT molecular complexity index is 145. The van der Waals surface area contributed by atoms with Crippen molar-refractivity contribution >= 4 is 0 Å². The zero-order valence-corrected chi connectivity index (χ0v) is 8.05. The Morgan fingerprint density at radius 2 is 2.00 bits per heavy atom. The molecule has 1 rings (SSSR count). The average Bonchev–Trinajstić information content (AvgIpc) is 2.07. The van der Waals surface area contributed by atoms with E-state index in [0.717, 1.165) is 6.54 Å². The monoisotopic (exact) mass is 175 g/mol. The van der Waals surface area contributed by atoms with Gasteiger partial charge in [0.05, 0.1) is 6.10 Å². The number of hydrogen-bond donors (Lipinski definition) is 1. The third-order valence-electron chi connectivity index (χ3n) is 1.99. The lowest BCUT2D eigenvalue weighted by atomic mass is 9.96. The van der Waals surface area contributed by atoms with Crippen molar-refractivity contribution in [2.45, 2.75) is 33.0 Å². The molecule has 1 aliphatic rings. The topological polar surface area (TPSA) is 23.5 Å². The fraction of sp³-hybridized carbons (Fsp3) is 1.00. The summed E-state index contributed by atoms with van der Waals surface area (Å²) in [6.45, 7) is 8.07.